The molecule has 1 fully saturated rings. The monoisotopic (exact) mass is 243 g/mol. The third-order valence-corrected chi connectivity index (χ3v) is 3.56. The molecule has 4 nitrogen and oxygen atoms in total. The van der Waals surface area contributed by atoms with Crippen molar-refractivity contribution in [2.45, 2.75) is 32.4 Å². The van der Waals surface area contributed by atoms with Crippen molar-refractivity contribution in [1.29, 1.82) is 0 Å². The molecule has 1 aromatic rings. The number of nitrogens with zero attached hydrogens (tertiary/aromatic N) is 3. The summed E-state index contributed by atoms with van der Waals surface area (Å²) in [5, 5.41) is 14.6. The van der Waals surface area contributed by atoms with Gasteiger partial charge in [-0.3, -0.25) is 9.58 Å². The number of β-amino-alcohol motifs (C(OH)–C–C–N with tert-alkyl or cyclic N) is 1. The number of rotatable bonds is 3. The summed E-state index contributed by atoms with van der Waals surface area (Å²) >= 11 is 6.27. The molecule has 16 heavy (non-hydrogen) atoms. The fourth-order valence-electron chi connectivity index (χ4n) is 2.16. The van der Waals surface area contributed by atoms with E-state index in [-0.39, 0.29) is 6.10 Å². The molecule has 1 saturated heterocycles. The minimum atomic E-state index is -0.183. The van der Waals surface area contributed by atoms with Crippen LogP contribution < -0.4 is 0 Å². The van der Waals surface area contributed by atoms with E-state index in [9.17, 15) is 5.11 Å². The van der Waals surface area contributed by atoms with Gasteiger partial charge in [0.15, 0.2) is 0 Å². The number of aromatic nitrogens is 2. The maximum Gasteiger partial charge on any atom is 0.0863 e. The summed E-state index contributed by atoms with van der Waals surface area (Å²) in [5.41, 5.74) is 2.01. The van der Waals surface area contributed by atoms with Crippen LogP contribution in [0.4, 0.5) is 0 Å². The molecular formula is C11H18ClN3O. The van der Waals surface area contributed by atoms with E-state index in [1.54, 1.807) is 0 Å². The fraction of sp³-hybridized carbons (Fsp3) is 0.727. The molecule has 2 rings (SSSR count). The number of hydrogen-bond donors (Lipinski definition) is 1. The summed E-state index contributed by atoms with van der Waals surface area (Å²) in [5.74, 6) is 0. The largest absolute Gasteiger partial charge is 0.392 e. The van der Waals surface area contributed by atoms with Gasteiger partial charge in [0.2, 0.25) is 0 Å². The van der Waals surface area contributed by atoms with Gasteiger partial charge in [-0.2, -0.15) is 5.10 Å². The van der Waals surface area contributed by atoms with Crippen LogP contribution in [0, 0.1) is 0 Å². The Balaban J connectivity index is 2.12. The fourth-order valence-corrected chi connectivity index (χ4v) is 2.51. The second-order valence-electron chi connectivity index (χ2n) is 4.36. The molecule has 90 valence electrons. The summed E-state index contributed by atoms with van der Waals surface area (Å²) in [6.45, 7) is 4.50. The van der Waals surface area contributed by atoms with Crippen molar-refractivity contribution in [2.24, 2.45) is 7.05 Å². The van der Waals surface area contributed by atoms with Gasteiger partial charge >= 0.3 is 0 Å². The topological polar surface area (TPSA) is 41.3 Å². The highest BCUT2D eigenvalue weighted by atomic mass is 35.5. The number of likely N-dealkylation sites (tertiary alicyclic amines) is 1. The van der Waals surface area contributed by atoms with Gasteiger partial charge in [0.1, 0.15) is 0 Å². The molecule has 0 aliphatic carbocycles. The van der Waals surface area contributed by atoms with Gasteiger partial charge in [-0.25, -0.2) is 0 Å². The first kappa shape index (κ1) is 11.9. The lowest BCUT2D eigenvalue weighted by molar-refractivity contribution is 0.174. The molecule has 1 aliphatic rings. The average Bonchev–Trinajstić information content (AvgIpc) is 2.77. The van der Waals surface area contributed by atoms with Gasteiger partial charge in [0, 0.05) is 26.7 Å². The molecule has 1 aliphatic heterocycles. The van der Waals surface area contributed by atoms with Crippen molar-refractivity contribution in [3.63, 3.8) is 0 Å². The van der Waals surface area contributed by atoms with Gasteiger partial charge in [-0.1, -0.05) is 18.5 Å². The highest BCUT2D eigenvalue weighted by Crippen LogP contribution is 2.23. The molecule has 0 amide bonds. The minimum Gasteiger partial charge on any atom is -0.392 e. The highest BCUT2D eigenvalue weighted by molar-refractivity contribution is 6.31. The number of aliphatic hydroxyl groups is 1. The maximum absolute atomic E-state index is 9.47. The van der Waals surface area contributed by atoms with E-state index >= 15 is 0 Å². The maximum atomic E-state index is 9.47. The first-order valence-corrected chi connectivity index (χ1v) is 6.10. The molecule has 1 N–H and O–H groups in total. The van der Waals surface area contributed by atoms with Crippen LogP contribution in [0.5, 0.6) is 0 Å². The predicted octanol–water partition coefficient (Wildman–Crippen LogP) is 1.20. The van der Waals surface area contributed by atoms with Crippen LogP contribution in [0.15, 0.2) is 0 Å². The van der Waals surface area contributed by atoms with Crippen molar-refractivity contribution >= 4 is 11.6 Å². The normalized spacial score (nSPS) is 21.9. The van der Waals surface area contributed by atoms with E-state index in [0.29, 0.717) is 0 Å². The Labute approximate surface area is 101 Å². The van der Waals surface area contributed by atoms with Crippen LogP contribution in [-0.2, 0) is 20.0 Å². The van der Waals surface area contributed by atoms with E-state index in [1.807, 2.05) is 11.7 Å². The van der Waals surface area contributed by atoms with Crippen LogP contribution in [0.2, 0.25) is 5.02 Å². The van der Waals surface area contributed by atoms with Crippen LogP contribution in [0.25, 0.3) is 0 Å². The number of aryl methyl sites for hydroxylation is 2. The van der Waals surface area contributed by atoms with E-state index in [4.69, 9.17) is 11.6 Å². The van der Waals surface area contributed by atoms with Crippen LogP contribution in [-0.4, -0.2) is 39.0 Å². The summed E-state index contributed by atoms with van der Waals surface area (Å²) in [7, 11) is 1.92. The molecule has 0 aromatic carbocycles. The van der Waals surface area contributed by atoms with Crippen LogP contribution >= 0.6 is 11.6 Å². The van der Waals surface area contributed by atoms with Crippen molar-refractivity contribution < 1.29 is 5.11 Å². The van der Waals surface area contributed by atoms with Crippen molar-refractivity contribution in [1.82, 2.24) is 14.7 Å². The lowest BCUT2D eigenvalue weighted by Crippen LogP contribution is -2.23. The Morgan fingerprint density at radius 3 is 2.81 bits per heavy atom. The Bertz CT molecular complexity index is 378. The van der Waals surface area contributed by atoms with E-state index in [2.05, 4.69) is 16.9 Å². The summed E-state index contributed by atoms with van der Waals surface area (Å²) < 4.78 is 1.85. The van der Waals surface area contributed by atoms with Crippen molar-refractivity contribution in [3.8, 4) is 0 Å². The van der Waals surface area contributed by atoms with Gasteiger partial charge < -0.3 is 5.11 Å². The van der Waals surface area contributed by atoms with Gasteiger partial charge in [0.05, 0.1) is 22.5 Å². The summed E-state index contributed by atoms with van der Waals surface area (Å²) in [6, 6.07) is 0. The highest BCUT2D eigenvalue weighted by Gasteiger charge is 2.23. The molecule has 0 unspecified atom stereocenters. The molecule has 0 bridgehead atoms. The zero-order valence-electron chi connectivity index (χ0n) is 9.78. The SMILES string of the molecule is CCc1nn(C)c(CN2CC[C@H](O)C2)c1Cl. The van der Waals surface area contributed by atoms with Crippen molar-refractivity contribution in [2.75, 3.05) is 13.1 Å². The molecular weight excluding hydrogens is 226 g/mol. The number of aliphatic hydroxyl groups excluding tert-OH is 1. The van der Waals surface area contributed by atoms with Gasteiger partial charge in [-0.15, -0.1) is 0 Å². The molecule has 0 saturated carbocycles. The van der Waals surface area contributed by atoms with Gasteiger partial charge in [0.25, 0.3) is 0 Å². The van der Waals surface area contributed by atoms with E-state index in [1.165, 1.54) is 0 Å². The molecule has 0 spiro atoms. The summed E-state index contributed by atoms with van der Waals surface area (Å²) in [4.78, 5) is 2.22. The Morgan fingerprint density at radius 2 is 2.31 bits per heavy atom. The first-order valence-electron chi connectivity index (χ1n) is 5.72. The number of hydrogen-bond acceptors (Lipinski definition) is 3. The zero-order valence-corrected chi connectivity index (χ0v) is 10.5. The first-order chi connectivity index (χ1) is 7.61. The molecule has 1 aromatic heterocycles. The minimum absolute atomic E-state index is 0.183. The molecule has 5 heteroatoms. The predicted molar refractivity (Wildman–Crippen MR) is 63.5 cm³/mol. The second kappa shape index (κ2) is 4.73. The van der Waals surface area contributed by atoms with Crippen LogP contribution in [0.3, 0.4) is 0 Å². The smallest absolute Gasteiger partial charge is 0.0863 e. The Kier molecular flexibility index (Phi) is 3.52. The summed E-state index contributed by atoms with van der Waals surface area (Å²) in [6.07, 6.45) is 1.53. The Morgan fingerprint density at radius 1 is 1.56 bits per heavy atom. The van der Waals surface area contributed by atoms with Gasteiger partial charge in [-0.05, 0) is 12.8 Å². The Hall–Kier alpha value is -0.580. The van der Waals surface area contributed by atoms with E-state index in [0.717, 1.165) is 48.9 Å². The lowest BCUT2D eigenvalue weighted by atomic mass is 10.3. The molecule has 1 atom stereocenters. The van der Waals surface area contributed by atoms with E-state index < -0.39 is 0 Å². The standard InChI is InChI=1S/C11H18ClN3O/c1-3-9-11(12)10(14(2)13-9)7-15-5-4-8(16)6-15/h8,16H,3-7H2,1-2H3/t8-/m0/s1. The zero-order chi connectivity index (χ0) is 11.7. The number of halogens is 1. The molecule has 0 radical (unpaired) electrons. The molecule has 2 heterocycles. The quantitative estimate of drug-likeness (QED) is 0.868. The third-order valence-electron chi connectivity index (χ3n) is 3.12. The average molecular weight is 244 g/mol. The second-order valence-corrected chi connectivity index (χ2v) is 4.74. The van der Waals surface area contributed by atoms with Crippen LogP contribution in [0.1, 0.15) is 24.7 Å². The third kappa shape index (κ3) is 2.24. The van der Waals surface area contributed by atoms with Crippen molar-refractivity contribution in [3.05, 3.63) is 16.4 Å². The lowest BCUT2D eigenvalue weighted by Gasteiger charge is -2.15.